The molecule has 1 aliphatic carbocycles. The van der Waals surface area contributed by atoms with Crippen molar-refractivity contribution in [2.75, 3.05) is 20.2 Å². The average molecular weight is 332 g/mol. The predicted octanol–water partition coefficient (Wildman–Crippen LogP) is 3.20. The Morgan fingerprint density at radius 3 is 2.67 bits per heavy atom. The highest BCUT2D eigenvalue weighted by Gasteiger charge is 2.28. The van der Waals surface area contributed by atoms with Crippen molar-refractivity contribution in [2.45, 2.75) is 56.7 Å². The van der Waals surface area contributed by atoms with Crippen LogP contribution in [0.1, 0.15) is 38.5 Å². The van der Waals surface area contributed by atoms with Crippen LogP contribution in [0.4, 0.5) is 4.79 Å². The molecule has 2 aliphatic rings. The van der Waals surface area contributed by atoms with Crippen molar-refractivity contribution in [2.24, 2.45) is 0 Å². The molecule has 0 radical (unpaired) electrons. The molecule has 3 rings (SSSR count). The molecule has 3 atom stereocenters. The van der Waals surface area contributed by atoms with Gasteiger partial charge < -0.3 is 19.7 Å². The number of nitrogens with one attached hydrogen (secondary N) is 1. The van der Waals surface area contributed by atoms with Crippen molar-refractivity contribution in [1.29, 1.82) is 0 Å². The minimum absolute atomic E-state index is 0.234. The molecule has 0 bridgehead atoms. The zero-order valence-corrected chi connectivity index (χ0v) is 14.4. The Kier molecular flexibility index (Phi) is 6.10. The van der Waals surface area contributed by atoms with Gasteiger partial charge in [0.05, 0.1) is 6.10 Å². The number of benzene rings is 1. The molecule has 1 aliphatic heterocycles. The summed E-state index contributed by atoms with van der Waals surface area (Å²) < 4.78 is 10.9. The maximum atomic E-state index is 12.3. The van der Waals surface area contributed by atoms with Crippen LogP contribution in [-0.4, -0.2) is 49.4 Å². The van der Waals surface area contributed by atoms with E-state index in [0.29, 0.717) is 23.9 Å². The van der Waals surface area contributed by atoms with Crippen molar-refractivity contribution < 1.29 is 14.3 Å². The molecule has 1 saturated carbocycles. The third-order valence-corrected chi connectivity index (χ3v) is 5.12. The largest absolute Gasteiger partial charge is 0.415 e. The molecule has 0 spiro atoms. The third-order valence-electron chi connectivity index (χ3n) is 5.12. The van der Waals surface area contributed by atoms with E-state index in [1.807, 2.05) is 35.2 Å². The smallest absolute Gasteiger partial charge is 0.410 e. The van der Waals surface area contributed by atoms with Crippen LogP contribution in [0.2, 0.25) is 0 Å². The zero-order chi connectivity index (χ0) is 16.8. The summed E-state index contributed by atoms with van der Waals surface area (Å²) >= 11 is 0. The van der Waals surface area contributed by atoms with Crippen LogP contribution >= 0.6 is 0 Å². The van der Waals surface area contributed by atoms with E-state index in [0.717, 1.165) is 45.2 Å². The summed E-state index contributed by atoms with van der Waals surface area (Å²) in [6, 6.07) is 10.3. The van der Waals surface area contributed by atoms with Crippen LogP contribution in [0.5, 0.6) is 5.75 Å². The van der Waals surface area contributed by atoms with Crippen molar-refractivity contribution in [3.05, 3.63) is 30.3 Å². The Morgan fingerprint density at radius 1 is 1.08 bits per heavy atom. The molecule has 5 heteroatoms. The summed E-state index contributed by atoms with van der Waals surface area (Å²) in [6.07, 6.45) is 6.73. The minimum atomic E-state index is -0.234. The van der Waals surface area contributed by atoms with Crippen molar-refractivity contribution in [3.63, 3.8) is 0 Å². The molecule has 0 unspecified atom stereocenters. The lowest BCUT2D eigenvalue weighted by Crippen LogP contribution is -2.39. The van der Waals surface area contributed by atoms with Crippen molar-refractivity contribution in [1.82, 2.24) is 10.2 Å². The monoisotopic (exact) mass is 332 g/mol. The first kappa shape index (κ1) is 17.2. The highest BCUT2D eigenvalue weighted by Crippen LogP contribution is 2.23. The number of nitrogens with zero attached hydrogens (tertiary/aromatic N) is 1. The molecule has 1 N–H and O–H groups in total. The van der Waals surface area contributed by atoms with E-state index < -0.39 is 0 Å². The minimum Gasteiger partial charge on any atom is -0.410 e. The van der Waals surface area contributed by atoms with Gasteiger partial charge in [-0.3, -0.25) is 0 Å². The normalized spacial score (nSPS) is 27.7. The van der Waals surface area contributed by atoms with Crippen LogP contribution in [0.15, 0.2) is 30.3 Å². The Bertz CT molecular complexity index is 523. The zero-order valence-electron chi connectivity index (χ0n) is 14.4. The van der Waals surface area contributed by atoms with Crippen molar-refractivity contribution in [3.8, 4) is 5.75 Å². The van der Waals surface area contributed by atoms with Crippen LogP contribution in [0.3, 0.4) is 0 Å². The van der Waals surface area contributed by atoms with E-state index >= 15 is 0 Å². The molecule has 1 aromatic rings. The van der Waals surface area contributed by atoms with Gasteiger partial charge in [0, 0.05) is 32.3 Å². The van der Waals surface area contributed by atoms with Crippen LogP contribution < -0.4 is 10.1 Å². The van der Waals surface area contributed by atoms with Gasteiger partial charge in [-0.2, -0.15) is 0 Å². The van der Waals surface area contributed by atoms with Crippen molar-refractivity contribution >= 4 is 6.09 Å². The highest BCUT2D eigenvalue weighted by molar-refractivity contribution is 5.70. The van der Waals surface area contributed by atoms with E-state index in [1.165, 1.54) is 6.42 Å². The number of hydrogen-bond acceptors (Lipinski definition) is 4. The number of hydrogen-bond donors (Lipinski definition) is 1. The van der Waals surface area contributed by atoms with E-state index in [-0.39, 0.29) is 6.09 Å². The second kappa shape index (κ2) is 8.49. The summed E-state index contributed by atoms with van der Waals surface area (Å²) in [6.45, 7) is 1.53. The lowest BCUT2D eigenvalue weighted by molar-refractivity contribution is 0.106. The van der Waals surface area contributed by atoms with Gasteiger partial charge in [0.2, 0.25) is 0 Å². The number of likely N-dealkylation sites (tertiary alicyclic amines) is 1. The highest BCUT2D eigenvalue weighted by atomic mass is 16.6. The van der Waals surface area contributed by atoms with E-state index in [4.69, 9.17) is 9.47 Å². The molecule has 0 aromatic heterocycles. The number of para-hydroxylation sites is 1. The number of methoxy groups -OCH3 is 1. The number of amides is 1. The number of carbonyl (C=O) groups is 1. The van der Waals surface area contributed by atoms with Gasteiger partial charge >= 0.3 is 6.09 Å². The predicted molar refractivity (Wildman–Crippen MR) is 93.2 cm³/mol. The van der Waals surface area contributed by atoms with Crippen LogP contribution in [0, 0.1) is 0 Å². The van der Waals surface area contributed by atoms with E-state index in [9.17, 15) is 4.79 Å². The summed E-state index contributed by atoms with van der Waals surface area (Å²) in [4.78, 5) is 14.2. The third kappa shape index (κ3) is 4.71. The summed E-state index contributed by atoms with van der Waals surface area (Å²) in [5, 5.41) is 3.77. The first-order chi connectivity index (χ1) is 11.7. The van der Waals surface area contributed by atoms with Gasteiger partial charge in [0.25, 0.3) is 0 Å². The van der Waals surface area contributed by atoms with Crippen LogP contribution in [-0.2, 0) is 4.74 Å². The standard InChI is InChI=1S/C19H28N2O3/c1-23-18-10-9-16(14-18)20-15-6-5-12-21(13-11-15)19(22)24-17-7-3-2-4-8-17/h2-4,7-8,15-16,18,20H,5-6,9-14H2,1H3/t15-,16+,18+/m0/s1. The van der Waals surface area contributed by atoms with Gasteiger partial charge in [-0.25, -0.2) is 4.79 Å². The number of carbonyl (C=O) groups excluding carboxylic acids is 1. The van der Waals surface area contributed by atoms with Gasteiger partial charge in [-0.05, 0) is 50.7 Å². The summed E-state index contributed by atoms with van der Waals surface area (Å²) in [7, 11) is 1.80. The first-order valence-electron chi connectivity index (χ1n) is 9.05. The maximum Gasteiger partial charge on any atom is 0.415 e. The number of ether oxygens (including phenoxy) is 2. The molecule has 1 aromatic carbocycles. The molecule has 1 amide bonds. The van der Waals surface area contributed by atoms with Gasteiger partial charge in [-0.15, -0.1) is 0 Å². The lowest BCUT2D eigenvalue weighted by Gasteiger charge is -2.22. The Balaban J connectivity index is 1.45. The molecular weight excluding hydrogens is 304 g/mol. The summed E-state index contributed by atoms with van der Waals surface area (Å²) in [5.74, 6) is 0.609. The molecule has 1 heterocycles. The molecule has 5 nitrogen and oxygen atoms in total. The molecule has 2 fully saturated rings. The topological polar surface area (TPSA) is 50.8 Å². The summed E-state index contributed by atoms with van der Waals surface area (Å²) in [5.41, 5.74) is 0. The molecule has 24 heavy (non-hydrogen) atoms. The van der Waals surface area contributed by atoms with Crippen LogP contribution in [0.25, 0.3) is 0 Å². The van der Waals surface area contributed by atoms with E-state index in [2.05, 4.69) is 5.32 Å². The fourth-order valence-electron chi connectivity index (χ4n) is 3.74. The number of rotatable bonds is 4. The van der Waals surface area contributed by atoms with Gasteiger partial charge in [0.1, 0.15) is 5.75 Å². The second-order valence-corrected chi connectivity index (χ2v) is 6.83. The maximum absolute atomic E-state index is 12.3. The fraction of sp³-hybridized carbons (Fsp3) is 0.632. The fourth-order valence-corrected chi connectivity index (χ4v) is 3.74. The molecular formula is C19H28N2O3. The Morgan fingerprint density at radius 2 is 1.92 bits per heavy atom. The Hall–Kier alpha value is -1.59. The first-order valence-corrected chi connectivity index (χ1v) is 9.05. The SMILES string of the molecule is CO[C@@H]1CC[C@@H](N[C@H]2CCCN(C(=O)Oc3ccccc3)CC2)C1. The molecule has 132 valence electrons. The van der Waals surface area contributed by atoms with E-state index in [1.54, 1.807) is 7.11 Å². The quantitative estimate of drug-likeness (QED) is 0.920. The van der Waals surface area contributed by atoms with Gasteiger partial charge in [-0.1, -0.05) is 18.2 Å². The second-order valence-electron chi connectivity index (χ2n) is 6.83. The Labute approximate surface area is 144 Å². The lowest BCUT2D eigenvalue weighted by atomic mass is 10.1. The van der Waals surface area contributed by atoms with Gasteiger partial charge in [0.15, 0.2) is 0 Å². The molecule has 1 saturated heterocycles. The average Bonchev–Trinajstić information content (AvgIpc) is 2.92.